The van der Waals surface area contributed by atoms with E-state index in [-0.39, 0.29) is 16.5 Å². The third-order valence-electron chi connectivity index (χ3n) is 3.07. The van der Waals surface area contributed by atoms with Gasteiger partial charge in [0.15, 0.2) is 0 Å². The highest BCUT2D eigenvalue weighted by Gasteiger charge is 2.27. The summed E-state index contributed by atoms with van der Waals surface area (Å²) in [5.41, 5.74) is 0. The van der Waals surface area contributed by atoms with E-state index in [0.29, 0.717) is 0 Å². The van der Waals surface area contributed by atoms with Gasteiger partial charge in [-0.15, -0.1) is 0 Å². The fourth-order valence-electron chi connectivity index (χ4n) is 1.67. The first-order valence-corrected chi connectivity index (χ1v) is 10.0. The van der Waals surface area contributed by atoms with Crippen LogP contribution < -0.4 is 4.72 Å². The van der Waals surface area contributed by atoms with Crippen molar-refractivity contribution in [3.8, 4) is 0 Å². The van der Waals surface area contributed by atoms with Gasteiger partial charge in [-0.2, -0.15) is 0 Å². The molecule has 0 aromatic heterocycles. The van der Waals surface area contributed by atoms with Crippen LogP contribution in [0.15, 0.2) is 28.0 Å². The van der Waals surface area contributed by atoms with Gasteiger partial charge in [0.1, 0.15) is 4.90 Å². The minimum atomic E-state index is -4.33. The first-order chi connectivity index (χ1) is 10.9. The summed E-state index contributed by atoms with van der Waals surface area (Å²) in [6.45, 7) is 1.52. The molecule has 24 heavy (non-hydrogen) atoms. The lowest BCUT2D eigenvalue weighted by molar-refractivity contribution is -0.124. The number of carbonyl (C=O) groups is 1. The van der Waals surface area contributed by atoms with Gasteiger partial charge in [-0.3, -0.25) is 4.79 Å². The minimum absolute atomic E-state index is 0.0319. The van der Waals surface area contributed by atoms with E-state index in [0.717, 1.165) is 16.4 Å². The summed E-state index contributed by atoms with van der Waals surface area (Å²) in [5, 5.41) is -0.201. The maximum Gasteiger partial charge on any atom is 0.265 e. The molecule has 1 N–H and O–H groups in total. The van der Waals surface area contributed by atoms with Crippen LogP contribution >= 0.6 is 11.6 Å². The smallest absolute Gasteiger partial charge is 0.265 e. The Labute approximate surface area is 146 Å². The number of hydrogen-bond acceptors (Lipinski definition) is 6. The molecule has 11 heteroatoms. The van der Waals surface area contributed by atoms with Crippen molar-refractivity contribution < 1.29 is 26.4 Å². The van der Waals surface area contributed by atoms with Crippen molar-refractivity contribution in [3.05, 3.63) is 23.2 Å². The van der Waals surface area contributed by atoms with Crippen LogP contribution in [0.4, 0.5) is 0 Å². The lowest BCUT2D eigenvalue weighted by Gasteiger charge is -2.15. The molecule has 0 bridgehead atoms. The fourth-order valence-corrected chi connectivity index (χ4v) is 4.28. The zero-order chi connectivity index (χ0) is 18.7. The molecule has 0 unspecified atom stereocenters. The van der Waals surface area contributed by atoms with Gasteiger partial charge in [0.25, 0.3) is 10.0 Å². The van der Waals surface area contributed by atoms with E-state index in [2.05, 4.69) is 0 Å². The normalized spacial score (nSPS) is 13.8. The van der Waals surface area contributed by atoms with Crippen molar-refractivity contribution >= 4 is 37.6 Å². The molecule has 0 aliphatic carbocycles. The number of benzene rings is 1. The van der Waals surface area contributed by atoms with Crippen LogP contribution in [0.25, 0.3) is 0 Å². The summed E-state index contributed by atoms with van der Waals surface area (Å²) in [6, 6.07) is 3.25. The molecule has 1 rings (SSSR count). The van der Waals surface area contributed by atoms with E-state index < -0.39 is 36.8 Å². The monoisotopic (exact) mass is 398 g/mol. The number of halogens is 1. The fraction of sp³-hybridized carbons (Fsp3) is 0.462. The van der Waals surface area contributed by atoms with E-state index in [4.69, 9.17) is 16.3 Å². The average molecular weight is 399 g/mol. The number of nitrogens with one attached hydrogen (secondary N) is 1. The quantitative estimate of drug-likeness (QED) is 0.723. The van der Waals surface area contributed by atoms with E-state index in [1.165, 1.54) is 34.2 Å². The Morgan fingerprint density at radius 1 is 1.29 bits per heavy atom. The average Bonchev–Trinajstić information content (AvgIpc) is 2.46. The van der Waals surface area contributed by atoms with Crippen LogP contribution in [-0.4, -0.2) is 54.9 Å². The van der Waals surface area contributed by atoms with Crippen LogP contribution in [0.5, 0.6) is 0 Å². The highest BCUT2D eigenvalue weighted by molar-refractivity contribution is 7.90. The second-order valence-electron chi connectivity index (χ2n) is 5.21. The Hall–Kier alpha value is -1.20. The van der Waals surface area contributed by atoms with Crippen LogP contribution in [0.1, 0.15) is 6.92 Å². The summed E-state index contributed by atoms with van der Waals surface area (Å²) < 4.78 is 56.6. The van der Waals surface area contributed by atoms with E-state index in [1.807, 2.05) is 4.72 Å². The van der Waals surface area contributed by atoms with Crippen molar-refractivity contribution in [2.24, 2.45) is 5.92 Å². The van der Waals surface area contributed by atoms with Crippen LogP contribution in [0, 0.1) is 5.92 Å². The number of amides is 1. The Bertz CT molecular complexity index is 821. The number of sulfonamides is 2. The predicted molar refractivity (Wildman–Crippen MR) is 88.7 cm³/mol. The molecule has 0 saturated heterocycles. The number of nitrogens with zero attached hydrogens (tertiary/aromatic N) is 1. The van der Waals surface area contributed by atoms with Gasteiger partial charge in [0, 0.05) is 21.2 Å². The Balaban J connectivity index is 3.28. The topological polar surface area (TPSA) is 110 Å². The van der Waals surface area contributed by atoms with Gasteiger partial charge in [0.2, 0.25) is 15.9 Å². The van der Waals surface area contributed by atoms with Crippen molar-refractivity contribution in [2.45, 2.75) is 16.7 Å². The summed E-state index contributed by atoms with van der Waals surface area (Å²) >= 11 is 5.87. The molecule has 1 aromatic rings. The number of carbonyl (C=O) groups excluding carboxylic acids is 1. The predicted octanol–water partition coefficient (Wildman–Crippen LogP) is 0.678. The molecular weight excluding hydrogens is 380 g/mol. The summed E-state index contributed by atoms with van der Waals surface area (Å²) in [5.74, 6) is -1.49. The Morgan fingerprint density at radius 3 is 2.38 bits per heavy atom. The highest BCUT2D eigenvalue weighted by atomic mass is 35.5. The molecule has 0 aliphatic heterocycles. The maximum absolute atomic E-state index is 12.4. The second kappa shape index (κ2) is 7.79. The van der Waals surface area contributed by atoms with Crippen molar-refractivity contribution in [1.82, 2.24) is 9.03 Å². The molecule has 0 radical (unpaired) electrons. The zero-order valence-electron chi connectivity index (χ0n) is 13.6. The molecule has 0 spiro atoms. The lowest BCUT2D eigenvalue weighted by atomic mass is 10.2. The third-order valence-corrected chi connectivity index (χ3v) is 6.71. The van der Waals surface area contributed by atoms with Gasteiger partial charge in [-0.25, -0.2) is 25.9 Å². The maximum atomic E-state index is 12.4. The van der Waals surface area contributed by atoms with E-state index in [1.54, 1.807) is 0 Å². The Kier molecular flexibility index (Phi) is 6.76. The van der Waals surface area contributed by atoms with Crippen LogP contribution in [-0.2, 0) is 29.6 Å². The SMILES string of the molecule is COC[C@@H](C)C(=O)NS(=O)(=O)c1cc(S(=O)(=O)N(C)C)ccc1Cl. The zero-order valence-corrected chi connectivity index (χ0v) is 16.0. The first-order valence-electron chi connectivity index (χ1n) is 6.71. The van der Waals surface area contributed by atoms with Crippen molar-refractivity contribution in [1.29, 1.82) is 0 Å². The molecule has 0 fully saturated rings. The molecule has 136 valence electrons. The van der Waals surface area contributed by atoms with Crippen LogP contribution in [0.3, 0.4) is 0 Å². The van der Waals surface area contributed by atoms with Crippen LogP contribution in [0.2, 0.25) is 5.02 Å². The molecule has 0 heterocycles. The van der Waals surface area contributed by atoms with E-state index >= 15 is 0 Å². The molecule has 1 atom stereocenters. The van der Waals surface area contributed by atoms with Gasteiger partial charge >= 0.3 is 0 Å². The molecule has 0 aliphatic rings. The Morgan fingerprint density at radius 2 is 1.88 bits per heavy atom. The van der Waals surface area contributed by atoms with Gasteiger partial charge in [-0.05, 0) is 18.2 Å². The molecule has 1 aromatic carbocycles. The standard InChI is InChI=1S/C13H19ClN2O6S2/c1-9(8-22-4)13(17)15-23(18,19)12-7-10(5-6-11(12)14)24(20,21)16(2)3/h5-7,9H,8H2,1-4H3,(H,15,17)/t9-/m1/s1. The second-order valence-corrected chi connectivity index (χ2v) is 9.42. The molecule has 8 nitrogen and oxygen atoms in total. The largest absolute Gasteiger partial charge is 0.384 e. The van der Waals surface area contributed by atoms with Crippen molar-refractivity contribution in [2.75, 3.05) is 27.8 Å². The van der Waals surface area contributed by atoms with Gasteiger partial charge in [-0.1, -0.05) is 18.5 Å². The number of hydrogen-bond donors (Lipinski definition) is 1. The minimum Gasteiger partial charge on any atom is -0.384 e. The third kappa shape index (κ3) is 4.67. The number of ether oxygens (including phenoxy) is 1. The van der Waals surface area contributed by atoms with E-state index in [9.17, 15) is 21.6 Å². The van der Waals surface area contributed by atoms with Gasteiger partial charge in [0.05, 0.1) is 22.4 Å². The van der Waals surface area contributed by atoms with Gasteiger partial charge < -0.3 is 4.74 Å². The molecular formula is C13H19ClN2O6S2. The summed E-state index contributed by atoms with van der Waals surface area (Å²) in [4.78, 5) is 11.1. The molecule has 1 amide bonds. The summed E-state index contributed by atoms with van der Waals surface area (Å²) in [7, 11) is -4.18. The number of methoxy groups -OCH3 is 1. The van der Waals surface area contributed by atoms with Crippen molar-refractivity contribution in [3.63, 3.8) is 0 Å². The molecule has 0 saturated carbocycles. The highest BCUT2D eigenvalue weighted by Crippen LogP contribution is 2.26. The summed E-state index contributed by atoms with van der Waals surface area (Å²) in [6.07, 6.45) is 0. The first kappa shape index (κ1) is 20.8. The number of rotatable bonds is 7. The lowest BCUT2D eigenvalue weighted by Crippen LogP contribution is -2.36.